The first-order valence-electron chi connectivity index (χ1n) is 5.99. The number of aryl methyl sites for hydroxylation is 2. The summed E-state index contributed by atoms with van der Waals surface area (Å²) in [6.07, 6.45) is 1.93. The topological polar surface area (TPSA) is 57.0 Å². The molecule has 19 heavy (non-hydrogen) atoms. The molecule has 5 heteroatoms. The van der Waals surface area contributed by atoms with Crippen LogP contribution in [0.15, 0.2) is 39.4 Å². The third-order valence-electron chi connectivity index (χ3n) is 3.19. The molecule has 1 atom stereocenters. The van der Waals surface area contributed by atoms with Crippen LogP contribution < -0.4 is 5.73 Å². The Kier molecular flexibility index (Phi) is 2.95. The number of furan rings is 1. The van der Waals surface area contributed by atoms with Gasteiger partial charge in [-0.05, 0) is 31.2 Å². The van der Waals surface area contributed by atoms with Gasteiger partial charge in [0.15, 0.2) is 0 Å². The summed E-state index contributed by atoms with van der Waals surface area (Å²) in [5.41, 5.74) is 9.03. The van der Waals surface area contributed by atoms with Gasteiger partial charge in [0.1, 0.15) is 11.3 Å². The Balaban J connectivity index is 2.06. The van der Waals surface area contributed by atoms with Gasteiger partial charge in [-0.25, -0.2) is 0 Å². The Morgan fingerprint density at radius 3 is 2.84 bits per heavy atom. The van der Waals surface area contributed by atoms with E-state index in [1.54, 1.807) is 4.68 Å². The fourth-order valence-electron chi connectivity index (χ4n) is 2.26. The lowest BCUT2D eigenvalue weighted by Crippen LogP contribution is -2.11. The standard InChI is InChI=1S/C14H14BrN3O/c1-8-11(7-18(2)17-8)14(16)13-6-9-5-10(15)3-4-12(9)19-13/h3-7,14H,16H2,1-2H3. The largest absolute Gasteiger partial charge is 0.459 e. The minimum atomic E-state index is -0.292. The Morgan fingerprint density at radius 2 is 2.16 bits per heavy atom. The normalized spacial score (nSPS) is 13.1. The Bertz CT molecular complexity index is 744. The van der Waals surface area contributed by atoms with Gasteiger partial charge in [0.25, 0.3) is 0 Å². The third kappa shape index (κ3) is 2.19. The molecule has 98 valence electrons. The summed E-state index contributed by atoms with van der Waals surface area (Å²) >= 11 is 3.45. The van der Waals surface area contributed by atoms with Crippen LogP contribution in [0.25, 0.3) is 11.0 Å². The monoisotopic (exact) mass is 319 g/mol. The predicted molar refractivity (Wildman–Crippen MR) is 77.9 cm³/mol. The van der Waals surface area contributed by atoms with Crippen LogP contribution in [0.3, 0.4) is 0 Å². The zero-order valence-electron chi connectivity index (χ0n) is 10.7. The maximum absolute atomic E-state index is 6.27. The summed E-state index contributed by atoms with van der Waals surface area (Å²) in [6.45, 7) is 1.95. The fraction of sp³-hybridized carbons (Fsp3) is 0.214. The van der Waals surface area contributed by atoms with Gasteiger partial charge in [-0.2, -0.15) is 5.10 Å². The van der Waals surface area contributed by atoms with Crippen LogP contribution in [0.2, 0.25) is 0 Å². The maximum atomic E-state index is 6.27. The van der Waals surface area contributed by atoms with E-state index in [9.17, 15) is 0 Å². The molecule has 2 aromatic heterocycles. The molecule has 0 saturated carbocycles. The summed E-state index contributed by atoms with van der Waals surface area (Å²) in [5, 5.41) is 5.36. The van der Waals surface area contributed by atoms with Gasteiger partial charge in [0.05, 0.1) is 11.7 Å². The number of fused-ring (bicyclic) bond motifs is 1. The molecule has 0 aliphatic rings. The van der Waals surface area contributed by atoms with Crippen LogP contribution in [-0.2, 0) is 7.05 Å². The molecule has 1 aromatic carbocycles. The molecule has 2 heterocycles. The van der Waals surface area contributed by atoms with Crippen LogP contribution in [0.4, 0.5) is 0 Å². The average Bonchev–Trinajstić information content (AvgIpc) is 2.91. The molecule has 1 unspecified atom stereocenters. The Hall–Kier alpha value is -1.59. The lowest BCUT2D eigenvalue weighted by molar-refractivity contribution is 0.524. The van der Waals surface area contributed by atoms with Crippen LogP contribution in [0.5, 0.6) is 0 Å². The van der Waals surface area contributed by atoms with Crippen molar-refractivity contribution in [2.75, 3.05) is 0 Å². The van der Waals surface area contributed by atoms with Crippen molar-refractivity contribution in [1.29, 1.82) is 0 Å². The van der Waals surface area contributed by atoms with E-state index in [1.165, 1.54) is 0 Å². The highest BCUT2D eigenvalue weighted by Crippen LogP contribution is 2.29. The van der Waals surface area contributed by atoms with Gasteiger partial charge in [-0.1, -0.05) is 15.9 Å². The van der Waals surface area contributed by atoms with Crippen LogP contribution in [0.1, 0.15) is 23.1 Å². The summed E-state index contributed by atoms with van der Waals surface area (Å²) in [7, 11) is 1.89. The number of halogens is 1. The molecule has 0 radical (unpaired) electrons. The van der Waals surface area contributed by atoms with E-state index in [-0.39, 0.29) is 6.04 Å². The molecule has 0 aliphatic carbocycles. The van der Waals surface area contributed by atoms with E-state index in [1.807, 2.05) is 44.4 Å². The first-order valence-corrected chi connectivity index (χ1v) is 6.78. The number of benzene rings is 1. The van der Waals surface area contributed by atoms with Gasteiger partial charge in [-0.15, -0.1) is 0 Å². The molecule has 2 N–H and O–H groups in total. The van der Waals surface area contributed by atoms with Crippen molar-refractivity contribution >= 4 is 26.9 Å². The van der Waals surface area contributed by atoms with Crippen molar-refractivity contribution in [3.05, 3.63) is 52.0 Å². The zero-order valence-corrected chi connectivity index (χ0v) is 12.3. The number of hydrogen-bond donors (Lipinski definition) is 1. The molecular weight excluding hydrogens is 306 g/mol. The number of nitrogens with two attached hydrogens (primary N) is 1. The van der Waals surface area contributed by atoms with Gasteiger partial charge >= 0.3 is 0 Å². The quantitative estimate of drug-likeness (QED) is 0.788. The van der Waals surface area contributed by atoms with Crippen LogP contribution in [0, 0.1) is 6.92 Å². The molecule has 3 rings (SSSR count). The van der Waals surface area contributed by atoms with Crippen molar-refractivity contribution in [1.82, 2.24) is 9.78 Å². The van der Waals surface area contributed by atoms with E-state index in [0.717, 1.165) is 32.5 Å². The molecule has 0 spiro atoms. The number of nitrogens with zero attached hydrogens (tertiary/aromatic N) is 2. The highest BCUT2D eigenvalue weighted by Gasteiger charge is 2.18. The Morgan fingerprint density at radius 1 is 1.37 bits per heavy atom. The number of aromatic nitrogens is 2. The molecular formula is C14H14BrN3O. The van der Waals surface area contributed by atoms with Crippen molar-refractivity contribution < 1.29 is 4.42 Å². The van der Waals surface area contributed by atoms with E-state index < -0.39 is 0 Å². The molecule has 3 aromatic rings. The van der Waals surface area contributed by atoms with Crippen molar-refractivity contribution in [3.63, 3.8) is 0 Å². The molecule has 0 saturated heterocycles. The van der Waals surface area contributed by atoms with E-state index in [2.05, 4.69) is 21.0 Å². The molecule has 4 nitrogen and oxygen atoms in total. The number of hydrogen-bond acceptors (Lipinski definition) is 3. The predicted octanol–water partition coefficient (Wildman–Crippen LogP) is 3.29. The summed E-state index contributed by atoms with van der Waals surface area (Å²) < 4.78 is 8.61. The first-order chi connectivity index (χ1) is 9.04. The van der Waals surface area contributed by atoms with Gasteiger partial charge in [0, 0.05) is 28.7 Å². The lowest BCUT2D eigenvalue weighted by Gasteiger charge is -2.06. The summed E-state index contributed by atoms with van der Waals surface area (Å²) in [6, 6.07) is 7.60. The van der Waals surface area contributed by atoms with E-state index in [0.29, 0.717) is 0 Å². The van der Waals surface area contributed by atoms with Crippen LogP contribution >= 0.6 is 15.9 Å². The maximum Gasteiger partial charge on any atom is 0.134 e. The van der Waals surface area contributed by atoms with Crippen molar-refractivity contribution in [2.24, 2.45) is 12.8 Å². The third-order valence-corrected chi connectivity index (χ3v) is 3.68. The second-order valence-corrected chi connectivity index (χ2v) is 5.57. The van der Waals surface area contributed by atoms with Gasteiger partial charge in [0.2, 0.25) is 0 Å². The molecule has 0 fully saturated rings. The van der Waals surface area contributed by atoms with E-state index in [4.69, 9.17) is 10.2 Å². The minimum absolute atomic E-state index is 0.292. The minimum Gasteiger partial charge on any atom is -0.459 e. The van der Waals surface area contributed by atoms with Crippen molar-refractivity contribution in [2.45, 2.75) is 13.0 Å². The van der Waals surface area contributed by atoms with E-state index >= 15 is 0 Å². The average molecular weight is 320 g/mol. The van der Waals surface area contributed by atoms with Gasteiger partial charge < -0.3 is 10.2 Å². The summed E-state index contributed by atoms with van der Waals surface area (Å²) in [5.74, 6) is 0.754. The summed E-state index contributed by atoms with van der Waals surface area (Å²) in [4.78, 5) is 0. The molecule has 0 aliphatic heterocycles. The first kappa shape index (κ1) is 12.4. The molecule has 0 amide bonds. The second-order valence-electron chi connectivity index (χ2n) is 4.65. The fourth-order valence-corrected chi connectivity index (χ4v) is 2.64. The second kappa shape index (κ2) is 4.51. The highest BCUT2D eigenvalue weighted by molar-refractivity contribution is 9.10. The SMILES string of the molecule is Cc1nn(C)cc1C(N)c1cc2cc(Br)ccc2o1. The lowest BCUT2D eigenvalue weighted by atomic mass is 10.1. The Labute approximate surface area is 119 Å². The smallest absolute Gasteiger partial charge is 0.134 e. The highest BCUT2D eigenvalue weighted by atomic mass is 79.9. The zero-order chi connectivity index (χ0) is 13.6. The van der Waals surface area contributed by atoms with Crippen LogP contribution in [-0.4, -0.2) is 9.78 Å². The van der Waals surface area contributed by atoms with Crippen molar-refractivity contribution in [3.8, 4) is 0 Å². The van der Waals surface area contributed by atoms with Gasteiger partial charge in [-0.3, -0.25) is 4.68 Å². The molecule has 0 bridgehead atoms. The number of rotatable bonds is 2.